The summed E-state index contributed by atoms with van der Waals surface area (Å²) in [5.74, 6) is 1.95. The van der Waals surface area contributed by atoms with Gasteiger partial charge in [0, 0.05) is 11.8 Å². The minimum Gasteiger partial charge on any atom is -0.497 e. The van der Waals surface area contributed by atoms with Gasteiger partial charge in [0.15, 0.2) is 0 Å². The van der Waals surface area contributed by atoms with Crippen LogP contribution < -0.4 is 15.2 Å². The molecule has 4 aromatic rings. The van der Waals surface area contributed by atoms with Gasteiger partial charge < -0.3 is 24.9 Å². The van der Waals surface area contributed by atoms with E-state index in [4.69, 9.17) is 15.2 Å². The molecule has 0 saturated heterocycles. The maximum absolute atomic E-state index is 10.2. The van der Waals surface area contributed by atoms with Crippen molar-refractivity contribution in [3.05, 3.63) is 66.6 Å². The van der Waals surface area contributed by atoms with E-state index in [0.717, 1.165) is 33.6 Å². The molecule has 30 heavy (non-hydrogen) atoms. The third kappa shape index (κ3) is 3.67. The minimum absolute atomic E-state index is 0.0444. The second-order valence-corrected chi connectivity index (χ2v) is 7.03. The van der Waals surface area contributed by atoms with E-state index in [9.17, 15) is 5.11 Å². The predicted octanol–water partition coefficient (Wildman–Crippen LogP) is 3.47. The number of aliphatic hydroxyl groups is 1. The van der Waals surface area contributed by atoms with Crippen molar-refractivity contribution in [3.8, 4) is 22.6 Å². The Kier molecular flexibility index (Phi) is 5.54. The van der Waals surface area contributed by atoms with E-state index in [1.54, 1.807) is 14.2 Å². The van der Waals surface area contributed by atoms with Gasteiger partial charge >= 0.3 is 0 Å². The number of fused-ring (bicyclic) bond motifs is 1. The van der Waals surface area contributed by atoms with Crippen LogP contribution in [0.15, 0.2) is 61.1 Å². The molecule has 0 saturated carbocycles. The molecule has 2 aromatic heterocycles. The zero-order valence-corrected chi connectivity index (χ0v) is 16.9. The minimum atomic E-state index is -0.213. The fourth-order valence-electron chi connectivity index (χ4n) is 3.68. The standard InChI is InChI=1S/C23H24N4O3/c1-29-18-8-6-15(7-9-18)10-17(13-28)27-12-20(16-4-3-5-19(11-16)30-2)21-22(24)25-14-26-23(21)27/h3-9,11-12,14,17,28H,10,13H2,1-2H3,(H2,24,25,26)/t17-/m0/s1. The lowest BCUT2D eigenvalue weighted by atomic mass is 10.1. The van der Waals surface area contributed by atoms with Gasteiger partial charge in [0.25, 0.3) is 0 Å². The Hall–Kier alpha value is -3.58. The van der Waals surface area contributed by atoms with Gasteiger partial charge in [-0.15, -0.1) is 0 Å². The lowest BCUT2D eigenvalue weighted by Gasteiger charge is -2.17. The highest BCUT2D eigenvalue weighted by molar-refractivity contribution is 6.00. The number of anilines is 1. The molecule has 0 radical (unpaired) electrons. The number of methoxy groups -OCH3 is 2. The Labute approximate surface area is 174 Å². The summed E-state index contributed by atoms with van der Waals surface area (Å²) in [5.41, 5.74) is 9.85. The summed E-state index contributed by atoms with van der Waals surface area (Å²) >= 11 is 0. The van der Waals surface area contributed by atoms with Gasteiger partial charge in [-0.3, -0.25) is 0 Å². The molecule has 4 rings (SSSR count). The first-order valence-electron chi connectivity index (χ1n) is 9.63. The SMILES string of the molecule is COc1ccc(C[C@@H](CO)n2cc(-c3cccc(OC)c3)c3c(N)ncnc32)cc1. The molecule has 1 atom stereocenters. The number of nitrogens with two attached hydrogens (primary N) is 1. The van der Waals surface area contributed by atoms with Crippen molar-refractivity contribution in [2.75, 3.05) is 26.6 Å². The first kappa shape index (κ1) is 19.7. The largest absolute Gasteiger partial charge is 0.497 e. The van der Waals surface area contributed by atoms with Crippen LogP contribution in [-0.4, -0.2) is 40.5 Å². The second kappa shape index (κ2) is 8.42. The fraction of sp³-hybridized carbons (Fsp3) is 0.217. The van der Waals surface area contributed by atoms with E-state index in [0.29, 0.717) is 17.9 Å². The van der Waals surface area contributed by atoms with Crippen LogP contribution in [0.5, 0.6) is 11.5 Å². The molecule has 3 N–H and O–H groups in total. The highest BCUT2D eigenvalue weighted by Gasteiger charge is 2.20. The van der Waals surface area contributed by atoms with Crippen LogP contribution in [0, 0.1) is 0 Å². The monoisotopic (exact) mass is 404 g/mol. The predicted molar refractivity (Wildman–Crippen MR) is 117 cm³/mol. The summed E-state index contributed by atoms with van der Waals surface area (Å²) in [6.45, 7) is -0.0444. The van der Waals surface area contributed by atoms with Crippen molar-refractivity contribution < 1.29 is 14.6 Å². The average molecular weight is 404 g/mol. The molecule has 0 fully saturated rings. The van der Waals surface area contributed by atoms with E-state index in [1.165, 1.54) is 6.33 Å². The van der Waals surface area contributed by atoms with E-state index in [2.05, 4.69) is 9.97 Å². The summed E-state index contributed by atoms with van der Waals surface area (Å²) in [7, 11) is 3.28. The van der Waals surface area contributed by atoms with Crippen LogP contribution in [0.3, 0.4) is 0 Å². The van der Waals surface area contributed by atoms with Gasteiger partial charge in [0.1, 0.15) is 29.3 Å². The zero-order chi connectivity index (χ0) is 21.1. The molecule has 0 spiro atoms. The Balaban J connectivity index is 1.80. The molecular formula is C23H24N4O3. The lowest BCUT2D eigenvalue weighted by molar-refractivity contribution is 0.230. The average Bonchev–Trinajstić information content (AvgIpc) is 3.19. The maximum Gasteiger partial charge on any atom is 0.146 e. The normalized spacial score (nSPS) is 12.1. The van der Waals surface area contributed by atoms with E-state index in [-0.39, 0.29) is 12.6 Å². The quantitative estimate of drug-likeness (QED) is 0.490. The van der Waals surface area contributed by atoms with Crippen LogP contribution in [0.1, 0.15) is 11.6 Å². The molecule has 0 amide bonds. The molecule has 7 heteroatoms. The van der Waals surface area contributed by atoms with Gasteiger partial charge in [-0.2, -0.15) is 0 Å². The van der Waals surface area contributed by atoms with Gasteiger partial charge in [-0.1, -0.05) is 24.3 Å². The Morgan fingerprint density at radius 3 is 2.50 bits per heavy atom. The molecule has 0 bridgehead atoms. The van der Waals surface area contributed by atoms with E-state index >= 15 is 0 Å². The number of benzene rings is 2. The number of nitrogen functional groups attached to an aromatic ring is 1. The molecule has 0 aliphatic carbocycles. The van der Waals surface area contributed by atoms with Crippen LogP contribution in [-0.2, 0) is 6.42 Å². The summed E-state index contributed by atoms with van der Waals surface area (Å²) in [6, 6.07) is 15.4. The number of nitrogens with zero attached hydrogens (tertiary/aromatic N) is 3. The molecule has 7 nitrogen and oxygen atoms in total. The van der Waals surface area contributed by atoms with E-state index in [1.807, 2.05) is 59.3 Å². The zero-order valence-electron chi connectivity index (χ0n) is 16.9. The van der Waals surface area contributed by atoms with E-state index < -0.39 is 0 Å². The molecule has 2 heterocycles. The van der Waals surface area contributed by atoms with Crippen molar-refractivity contribution in [2.24, 2.45) is 0 Å². The smallest absolute Gasteiger partial charge is 0.146 e. The molecule has 2 aromatic carbocycles. The van der Waals surface area contributed by atoms with Crippen LogP contribution >= 0.6 is 0 Å². The summed E-state index contributed by atoms with van der Waals surface area (Å²) in [6.07, 6.45) is 4.06. The summed E-state index contributed by atoms with van der Waals surface area (Å²) in [4.78, 5) is 8.66. The van der Waals surface area contributed by atoms with Crippen molar-refractivity contribution in [2.45, 2.75) is 12.5 Å². The van der Waals surface area contributed by atoms with Gasteiger partial charge in [-0.25, -0.2) is 9.97 Å². The number of aromatic nitrogens is 3. The van der Waals surface area contributed by atoms with Gasteiger partial charge in [0.05, 0.1) is 32.3 Å². The fourth-order valence-corrected chi connectivity index (χ4v) is 3.68. The number of aliphatic hydroxyl groups excluding tert-OH is 1. The molecule has 0 unspecified atom stereocenters. The summed E-state index contributed by atoms with van der Waals surface area (Å²) < 4.78 is 12.6. The topological polar surface area (TPSA) is 95.4 Å². The van der Waals surface area contributed by atoms with Crippen LogP contribution in [0.25, 0.3) is 22.2 Å². The number of ether oxygens (including phenoxy) is 2. The number of rotatable bonds is 7. The molecule has 0 aliphatic rings. The maximum atomic E-state index is 10.2. The molecule has 154 valence electrons. The van der Waals surface area contributed by atoms with Crippen molar-refractivity contribution >= 4 is 16.9 Å². The number of hydrogen-bond donors (Lipinski definition) is 2. The Morgan fingerprint density at radius 2 is 1.80 bits per heavy atom. The first-order valence-corrected chi connectivity index (χ1v) is 9.63. The lowest BCUT2D eigenvalue weighted by Crippen LogP contribution is -2.16. The van der Waals surface area contributed by atoms with Crippen molar-refractivity contribution in [1.29, 1.82) is 0 Å². The first-order chi connectivity index (χ1) is 14.6. The molecular weight excluding hydrogens is 380 g/mol. The van der Waals surface area contributed by atoms with Gasteiger partial charge in [0.2, 0.25) is 0 Å². The molecule has 0 aliphatic heterocycles. The van der Waals surface area contributed by atoms with Crippen molar-refractivity contribution in [1.82, 2.24) is 14.5 Å². The summed E-state index contributed by atoms with van der Waals surface area (Å²) in [5, 5.41) is 11.0. The second-order valence-electron chi connectivity index (χ2n) is 7.03. The Morgan fingerprint density at radius 1 is 1.03 bits per heavy atom. The van der Waals surface area contributed by atoms with Crippen LogP contribution in [0.2, 0.25) is 0 Å². The van der Waals surface area contributed by atoms with Gasteiger partial charge in [-0.05, 0) is 41.8 Å². The van der Waals surface area contributed by atoms with Crippen LogP contribution in [0.4, 0.5) is 5.82 Å². The Bertz CT molecular complexity index is 1160. The number of hydrogen-bond acceptors (Lipinski definition) is 6. The highest BCUT2D eigenvalue weighted by Crippen LogP contribution is 2.36. The van der Waals surface area contributed by atoms with Crippen molar-refractivity contribution in [3.63, 3.8) is 0 Å². The highest BCUT2D eigenvalue weighted by atomic mass is 16.5. The third-order valence-corrected chi connectivity index (χ3v) is 5.25. The third-order valence-electron chi connectivity index (χ3n) is 5.25.